The minimum Gasteiger partial charge on any atom is -0.444 e. The van der Waals surface area contributed by atoms with Gasteiger partial charge in [-0.05, 0) is 45.3 Å². The second-order valence-electron chi connectivity index (χ2n) is 7.44. The molecule has 0 atom stereocenters. The first kappa shape index (κ1) is 20.4. The van der Waals surface area contributed by atoms with E-state index in [1.165, 1.54) is 24.3 Å². The largest absolute Gasteiger partial charge is 0.444 e. The zero-order chi connectivity index (χ0) is 20.0. The van der Waals surface area contributed by atoms with Gasteiger partial charge in [0.1, 0.15) is 5.60 Å². The van der Waals surface area contributed by atoms with Gasteiger partial charge in [0.25, 0.3) is 5.69 Å². The van der Waals surface area contributed by atoms with Crippen molar-refractivity contribution in [1.29, 1.82) is 0 Å². The van der Waals surface area contributed by atoms with Crippen LogP contribution in [0.3, 0.4) is 0 Å². The maximum absolute atomic E-state index is 12.1. The van der Waals surface area contributed by atoms with Gasteiger partial charge in [0.2, 0.25) is 5.91 Å². The molecule has 0 saturated carbocycles. The summed E-state index contributed by atoms with van der Waals surface area (Å²) in [6.45, 7) is 6.52. The number of amides is 2. The fourth-order valence-electron chi connectivity index (χ4n) is 2.70. The quantitative estimate of drug-likeness (QED) is 0.495. The Morgan fingerprint density at radius 1 is 1.30 bits per heavy atom. The minimum atomic E-state index is -0.528. The highest BCUT2D eigenvalue weighted by Crippen LogP contribution is 2.16. The second-order valence-corrected chi connectivity index (χ2v) is 7.44. The average Bonchev–Trinajstić information content (AvgIpc) is 2.59. The molecule has 8 nitrogen and oxygen atoms in total. The number of nitro groups is 1. The normalized spacial score (nSPS) is 15.6. The van der Waals surface area contributed by atoms with Gasteiger partial charge in [0.05, 0.1) is 4.92 Å². The monoisotopic (exact) mass is 375 g/mol. The number of carbonyl (C=O) groups excluding carboxylic acids is 2. The van der Waals surface area contributed by atoms with Crippen LogP contribution < -0.4 is 5.32 Å². The first-order valence-corrected chi connectivity index (χ1v) is 8.85. The molecule has 1 N–H and O–H groups in total. The molecule has 1 aliphatic heterocycles. The number of hydrogen-bond donors (Lipinski definition) is 1. The van der Waals surface area contributed by atoms with Crippen molar-refractivity contribution in [2.45, 2.75) is 45.3 Å². The fourth-order valence-corrected chi connectivity index (χ4v) is 2.70. The van der Waals surface area contributed by atoms with Crippen molar-refractivity contribution >= 4 is 23.8 Å². The van der Waals surface area contributed by atoms with Gasteiger partial charge in [-0.2, -0.15) is 0 Å². The fraction of sp³-hybridized carbons (Fsp3) is 0.474. The van der Waals surface area contributed by atoms with Crippen molar-refractivity contribution in [3.8, 4) is 0 Å². The highest BCUT2D eigenvalue weighted by atomic mass is 16.6. The summed E-state index contributed by atoms with van der Waals surface area (Å²) >= 11 is 0. The zero-order valence-electron chi connectivity index (χ0n) is 15.8. The SMILES string of the molecule is CC(C)(C)OC(=O)N1CCC(NC(=O)C=Cc2cccc([N+](=O)[O-])c2)CC1. The topological polar surface area (TPSA) is 102 Å². The van der Waals surface area contributed by atoms with E-state index in [0.717, 1.165) is 0 Å². The zero-order valence-corrected chi connectivity index (χ0v) is 15.8. The molecule has 2 amide bonds. The van der Waals surface area contributed by atoms with Gasteiger partial charge in [-0.25, -0.2) is 4.79 Å². The van der Waals surface area contributed by atoms with Gasteiger partial charge in [0.15, 0.2) is 0 Å². The molecule has 1 aromatic rings. The van der Waals surface area contributed by atoms with Gasteiger partial charge in [-0.15, -0.1) is 0 Å². The predicted octanol–water partition coefficient (Wildman–Crippen LogP) is 3.12. The predicted molar refractivity (Wildman–Crippen MR) is 101 cm³/mol. The van der Waals surface area contributed by atoms with Crippen molar-refractivity contribution in [1.82, 2.24) is 10.2 Å². The Morgan fingerprint density at radius 3 is 2.56 bits per heavy atom. The number of nitrogens with one attached hydrogen (secondary N) is 1. The van der Waals surface area contributed by atoms with Crippen LogP contribution in [-0.2, 0) is 9.53 Å². The molecule has 0 bridgehead atoms. The molecular weight excluding hydrogens is 350 g/mol. The molecule has 1 aromatic carbocycles. The molecule has 8 heteroatoms. The number of nitrogens with zero attached hydrogens (tertiary/aromatic N) is 2. The van der Waals surface area contributed by atoms with Crippen LogP contribution in [0.4, 0.5) is 10.5 Å². The summed E-state index contributed by atoms with van der Waals surface area (Å²) in [4.78, 5) is 36.0. The molecule has 1 aliphatic rings. The maximum Gasteiger partial charge on any atom is 0.410 e. The molecule has 0 spiro atoms. The molecule has 1 heterocycles. The lowest BCUT2D eigenvalue weighted by Crippen LogP contribution is -2.47. The number of hydrogen-bond acceptors (Lipinski definition) is 5. The Bertz CT molecular complexity index is 731. The lowest BCUT2D eigenvalue weighted by atomic mass is 10.1. The number of ether oxygens (including phenoxy) is 1. The van der Waals surface area contributed by atoms with Crippen molar-refractivity contribution in [3.05, 3.63) is 46.0 Å². The third kappa shape index (κ3) is 6.73. The number of rotatable bonds is 4. The van der Waals surface area contributed by atoms with E-state index in [4.69, 9.17) is 4.74 Å². The summed E-state index contributed by atoms with van der Waals surface area (Å²) in [5.41, 5.74) is 0.0329. The van der Waals surface area contributed by atoms with E-state index in [-0.39, 0.29) is 23.7 Å². The standard InChI is InChI=1S/C19H25N3O5/c1-19(2,3)27-18(24)21-11-9-15(10-12-21)20-17(23)8-7-14-5-4-6-16(13-14)22(25)26/h4-8,13,15H,9-12H2,1-3H3,(H,20,23). The molecule has 0 aromatic heterocycles. The molecule has 1 fully saturated rings. The van der Waals surface area contributed by atoms with Gasteiger partial charge in [0, 0.05) is 37.3 Å². The number of benzene rings is 1. The molecular formula is C19H25N3O5. The third-order valence-electron chi connectivity index (χ3n) is 4.00. The summed E-state index contributed by atoms with van der Waals surface area (Å²) in [6, 6.07) is 6.04. The molecule has 0 aliphatic carbocycles. The average molecular weight is 375 g/mol. The van der Waals surface area contributed by atoms with Crippen LogP contribution in [0.15, 0.2) is 30.3 Å². The minimum absolute atomic E-state index is 0.0212. The van der Waals surface area contributed by atoms with Crippen LogP contribution in [0.25, 0.3) is 6.08 Å². The lowest BCUT2D eigenvalue weighted by molar-refractivity contribution is -0.384. The van der Waals surface area contributed by atoms with E-state index in [9.17, 15) is 19.7 Å². The summed E-state index contributed by atoms with van der Waals surface area (Å²) < 4.78 is 5.35. The van der Waals surface area contributed by atoms with E-state index in [1.807, 2.05) is 20.8 Å². The summed E-state index contributed by atoms with van der Waals surface area (Å²) in [7, 11) is 0. The lowest BCUT2D eigenvalue weighted by Gasteiger charge is -2.33. The highest BCUT2D eigenvalue weighted by molar-refractivity contribution is 5.92. The number of non-ortho nitro benzene ring substituents is 1. The van der Waals surface area contributed by atoms with E-state index in [1.54, 1.807) is 17.0 Å². The number of carbonyl (C=O) groups is 2. The van der Waals surface area contributed by atoms with Gasteiger partial charge >= 0.3 is 6.09 Å². The van der Waals surface area contributed by atoms with E-state index < -0.39 is 10.5 Å². The Labute approximate surface area is 158 Å². The molecule has 0 unspecified atom stereocenters. The van der Waals surface area contributed by atoms with Crippen LogP contribution in [0.2, 0.25) is 0 Å². The summed E-state index contributed by atoms with van der Waals surface area (Å²) in [5, 5.41) is 13.7. The number of piperidine rings is 1. The maximum atomic E-state index is 12.1. The van der Waals surface area contributed by atoms with E-state index in [2.05, 4.69) is 5.32 Å². The van der Waals surface area contributed by atoms with Gasteiger partial charge in [-0.1, -0.05) is 12.1 Å². The third-order valence-corrected chi connectivity index (χ3v) is 4.00. The molecule has 27 heavy (non-hydrogen) atoms. The highest BCUT2D eigenvalue weighted by Gasteiger charge is 2.27. The van der Waals surface area contributed by atoms with Crippen LogP contribution in [0.1, 0.15) is 39.2 Å². The second kappa shape index (κ2) is 8.66. The van der Waals surface area contributed by atoms with Gasteiger partial charge in [-0.3, -0.25) is 14.9 Å². The number of likely N-dealkylation sites (tertiary alicyclic amines) is 1. The Kier molecular flexibility index (Phi) is 6.55. The Morgan fingerprint density at radius 2 is 1.96 bits per heavy atom. The smallest absolute Gasteiger partial charge is 0.410 e. The van der Waals surface area contributed by atoms with Crippen LogP contribution in [-0.4, -0.2) is 46.6 Å². The molecule has 0 radical (unpaired) electrons. The van der Waals surface area contributed by atoms with Crippen molar-refractivity contribution < 1.29 is 19.2 Å². The van der Waals surface area contributed by atoms with Crippen LogP contribution >= 0.6 is 0 Å². The van der Waals surface area contributed by atoms with Crippen molar-refractivity contribution in [3.63, 3.8) is 0 Å². The van der Waals surface area contributed by atoms with Crippen LogP contribution in [0, 0.1) is 10.1 Å². The van der Waals surface area contributed by atoms with E-state index in [0.29, 0.717) is 31.5 Å². The summed E-state index contributed by atoms with van der Waals surface area (Å²) in [6.07, 6.45) is 3.86. The Hall–Kier alpha value is -2.90. The number of nitro benzene ring substituents is 1. The Balaban J connectivity index is 1.81. The molecule has 2 rings (SSSR count). The first-order chi connectivity index (χ1) is 12.6. The summed E-state index contributed by atoms with van der Waals surface area (Å²) in [5.74, 6) is -0.266. The van der Waals surface area contributed by atoms with Crippen LogP contribution in [0.5, 0.6) is 0 Å². The first-order valence-electron chi connectivity index (χ1n) is 8.85. The van der Waals surface area contributed by atoms with E-state index >= 15 is 0 Å². The molecule has 146 valence electrons. The van der Waals surface area contributed by atoms with Crippen molar-refractivity contribution in [2.24, 2.45) is 0 Å². The molecule has 1 saturated heterocycles. The van der Waals surface area contributed by atoms with Crippen molar-refractivity contribution in [2.75, 3.05) is 13.1 Å². The van der Waals surface area contributed by atoms with Gasteiger partial charge < -0.3 is 15.0 Å².